The fourth-order valence-electron chi connectivity index (χ4n) is 3.65. The van der Waals surface area contributed by atoms with Crippen molar-refractivity contribution in [2.45, 2.75) is 13.8 Å². The van der Waals surface area contributed by atoms with Gasteiger partial charge < -0.3 is 4.42 Å². The van der Waals surface area contributed by atoms with Crippen molar-refractivity contribution < 1.29 is 9.10 Å². The number of pyridine rings is 2. The molecular weight excluding hydrogens is 310 g/mol. The van der Waals surface area contributed by atoms with Crippen molar-refractivity contribution in [3.05, 3.63) is 66.0 Å². The summed E-state index contributed by atoms with van der Waals surface area (Å²) in [4.78, 5) is 4.56. The van der Waals surface area contributed by atoms with Crippen LogP contribution in [0.1, 0.15) is 11.3 Å². The lowest BCUT2D eigenvalue weighted by Crippen LogP contribution is -2.36. The molecule has 0 fully saturated rings. The van der Waals surface area contributed by atoms with E-state index in [1.165, 1.54) is 5.56 Å². The Bertz CT molecular complexity index is 1280. The Morgan fingerprint density at radius 1 is 1.00 bits per heavy atom. The molecule has 0 spiro atoms. The molecule has 0 aliphatic heterocycles. The standard InChI is InChI=1S/C21H18N3O/c1-13-7-9-16-17-10-8-14(2)22-21(17)25-20(16)19(13)18-12-15-6-4-5-11-24(15)23(18)3/h4-12H,1-3H3/q+1. The topological polar surface area (TPSA) is 34.3 Å². The lowest BCUT2D eigenvalue weighted by Gasteiger charge is -2.02. The Hall–Kier alpha value is -3.14. The second-order valence-corrected chi connectivity index (χ2v) is 6.56. The van der Waals surface area contributed by atoms with Crippen LogP contribution in [-0.4, -0.2) is 9.50 Å². The normalized spacial score (nSPS) is 11.8. The van der Waals surface area contributed by atoms with Gasteiger partial charge in [0.1, 0.15) is 5.52 Å². The zero-order valence-corrected chi connectivity index (χ0v) is 14.4. The van der Waals surface area contributed by atoms with Gasteiger partial charge >= 0.3 is 0 Å². The minimum atomic E-state index is 0.702. The van der Waals surface area contributed by atoms with Crippen molar-refractivity contribution in [1.29, 1.82) is 0 Å². The molecule has 1 aromatic carbocycles. The van der Waals surface area contributed by atoms with Gasteiger partial charge in [-0.15, -0.1) is 9.20 Å². The Labute approximate surface area is 144 Å². The molecule has 4 nitrogen and oxygen atoms in total. The molecule has 0 unspecified atom stereocenters. The molecule has 0 radical (unpaired) electrons. The minimum absolute atomic E-state index is 0.702. The van der Waals surface area contributed by atoms with Crippen molar-refractivity contribution in [2.75, 3.05) is 0 Å². The summed E-state index contributed by atoms with van der Waals surface area (Å²) in [7, 11) is 2.08. The predicted octanol–water partition coefficient (Wildman–Crippen LogP) is 4.34. The number of aryl methyl sites for hydroxylation is 3. The number of hydrogen-bond donors (Lipinski definition) is 0. The van der Waals surface area contributed by atoms with Crippen LogP contribution in [0.15, 0.2) is 59.1 Å². The summed E-state index contributed by atoms with van der Waals surface area (Å²) < 4.78 is 10.5. The van der Waals surface area contributed by atoms with Crippen molar-refractivity contribution >= 4 is 27.6 Å². The van der Waals surface area contributed by atoms with E-state index in [2.05, 4.69) is 70.7 Å². The summed E-state index contributed by atoms with van der Waals surface area (Å²) >= 11 is 0. The first-order chi connectivity index (χ1) is 12.1. The Balaban J connectivity index is 1.92. The lowest BCUT2D eigenvalue weighted by atomic mass is 10.0. The number of nitrogens with zero attached hydrogens (tertiary/aromatic N) is 3. The molecule has 0 amide bonds. The van der Waals surface area contributed by atoms with Gasteiger partial charge in [0.25, 0.3) is 0 Å². The van der Waals surface area contributed by atoms with Gasteiger partial charge in [-0.2, -0.15) is 0 Å². The van der Waals surface area contributed by atoms with E-state index in [1.54, 1.807) is 0 Å². The molecule has 0 saturated carbocycles. The zero-order valence-electron chi connectivity index (χ0n) is 14.4. The maximum Gasteiger partial charge on any atom is 0.243 e. The highest BCUT2D eigenvalue weighted by Crippen LogP contribution is 2.36. The first-order valence-electron chi connectivity index (χ1n) is 8.40. The van der Waals surface area contributed by atoms with Crippen LogP contribution >= 0.6 is 0 Å². The summed E-state index contributed by atoms with van der Waals surface area (Å²) in [6.07, 6.45) is 2.07. The Kier molecular flexibility index (Phi) is 2.80. The summed E-state index contributed by atoms with van der Waals surface area (Å²) in [5, 5.41) is 2.17. The molecule has 4 aromatic heterocycles. The zero-order chi connectivity index (χ0) is 17.1. The van der Waals surface area contributed by atoms with Crippen molar-refractivity contribution in [1.82, 2.24) is 9.50 Å². The van der Waals surface area contributed by atoms with Crippen LogP contribution in [0.25, 0.3) is 38.8 Å². The van der Waals surface area contributed by atoms with E-state index in [4.69, 9.17) is 4.42 Å². The third-order valence-corrected chi connectivity index (χ3v) is 4.94. The third kappa shape index (κ3) is 1.94. The number of rotatable bonds is 1. The van der Waals surface area contributed by atoms with Gasteiger partial charge in [0.2, 0.25) is 11.4 Å². The average Bonchev–Trinajstić information content (AvgIpc) is 3.12. The van der Waals surface area contributed by atoms with Gasteiger partial charge in [-0.3, -0.25) is 0 Å². The number of benzene rings is 1. The van der Waals surface area contributed by atoms with Crippen molar-refractivity contribution in [2.24, 2.45) is 7.05 Å². The lowest BCUT2D eigenvalue weighted by molar-refractivity contribution is -0.727. The van der Waals surface area contributed by atoms with Crippen LogP contribution in [0, 0.1) is 13.8 Å². The molecule has 5 aromatic rings. The quantitative estimate of drug-likeness (QED) is 0.429. The van der Waals surface area contributed by atoms with E-state index in [9.17, 15) is 0 Å². The maximum absolute atomic E-state index is 6.22. The molecule has 0 atom stereocenters. The molecule has 0 bridgehead atoms. The van der Waals surface area contributed by atoms with Crippen LogP contribution in [-0.2, 0) is 7.05 Å². The van der Waals surface area contributed by atoms with Gasteiger partial charge in [0.15, 0.2) is 12.6 Å². The van der Waals surface area contributed by atoms with E-state index in [-0.39, 0.29) is 0 Å². The molecule has 0 aliphatic carbocycles. The number of hydrogen-bond acceptors (Lipinski definition) is 2. The predicted molar refractivity (Wildman–Crippen MR) is 98.6 cm³/mol. The van der Waals surface area contributed by atoms with E-state index in [1.807, 2.05) is 19.1 Å². The number of fused-ring (bicyclic) bond motifs is 4. The van der Waals surface area contributed by atoms with Gasteiger partial charge in [0.05, 0.1) is 11.8 Å². The van der Waals surface area contributed by atoms with Crippen LogP contribution in [0.2, 0.25) is 0 Å². The smallest absolute Gasteiger partial charge is 0.243 e. The third-order valence-electron chi connectivity index (χ3n) is 4.94. The summed E-state index contributed by atoms with van der Waals surface area (Å²) in [6, 6.07) is 16.8. The van der Waals surface area contributed by atoms with Crippen molar-refractivity contribution in [3.63, 3.8) is 0 Å². The van der Waals surface area contributed by atoms with E-state index in [0.29, 0.717) is 5.71 Å². The van der Waals surface area contributed by atoms with Gasteiger partial charge in [-0.25, -0.2) is 4.98 Å². The molecule has 0 N–H and O–H groups in total. The van der Waals surface area contributed by atoms with Gasteiger partial charge in [0, 0.05) is 22.5 Å². The monoisotopic (exact) mass is 328 g/mol. The first-order valence-corrected chi connectivity index (χ1v) is 8.40. The van der Waals surface area contributed by atoms with E-state index < -0.39 is 0 Å². The summed E-state index contributed by atoms with van der Waals surface area (Å²) in [6.45, 7) is 4.11. The molecular formula is C21H18N3O+. The molecule has 4 heteroatoms. The minimum Gasteiger partial charge on any atom is -0.437 e. The van der Waals surface area contributed by atoms with Gasteiger partial charge in [-0.05, 0) is 43.7 Å². The van der Waals surface area contributed by atoms with Gasteiger partial charge in [-0.1, -0.05) is 18.2 Å². The van der Waals surface area contributed by atoms with Crippen LogP contribution < -0.4 is 4.68 Å². The maximum atomic E-state index is 6.22. The molecule has 0 aliphatic rings. The Morgan fingerprint density at radius 2 is 1.84 bits per heavy atom. The van der Waals surface area contributed by atoms with Crippen molar-refractivity contribution in [3.8, 4) is 11.3 Å². The molecule has 0 saturated heterocycles. The molecule has 25 heavy (non-hydrogen) atoms. The highest BCUT2D eigenvalue weighted by Gasteiger charge is 2.23. The highest BCUT2D eigenvalue weighted by molar-refractivity contribution is 6.08. The molecule has 5 rings (SSSR count). The van der Waals surface area contributed by atoms with Crippen LogP contribution in [0.4, 0.5) is 0 Å². The van der Waals surface area contributed by atoms with E-state index >= 15 is 0 Å². The average molecular weight is 328 g/mol. The second kappa shape index (κ2) is 4.93. The Morgan fingerprint density at radius 3 is 2.68 bits per heavy atom. The summed E-state index contributed by atoms with van der Waals surface area (Å²) in [5.41, 5.74) is 7.17. The van der Waals surface area contributed by atoms with Crippen LogP contribution in [0.3, 0.4) is 0 Å². The fourth-order valence-corrected chi connectivity index (χ4v) is 3.65. The molecule has 4 heterocycles. The highest BCUT2D eigenvalue weighted by atomic mass is 16.3. The van der Waals surface area contributed by atoms with Crippen LogP contribution in [0.5, 0.6) is 0 Å². The summed E-state index contributed by atoms with van der Waals surface area (Å²) in [5.74, 6) is 0. The second-order valence-electron chi connectivity index (χ2n) is 6.56. The molecule has 122 valence electrons. The fraction of sp³-hybridized carbons (Fsp3) is 0.143. The largest absolute Gasteiger partial charge is 0.437 e. The number of furan rings is 1. The SMILES string of the molecule is Cc1ccc2c(n1)oc1c(-c3cc4ccccn4[n+]3C)c(C)ccc12. The van der Waals surface area contributed by atoms with E-state index in [0.717, 1.165) is 38.8 Å². The first kappa shape index (κ1) is 14.2. The number of aromatic nitrogens is 3.